The first-order valence-electron chi connectivity index (χ1n) is 11.1. The van der Waals surface area contributed by atoms with Crippen LogP contribution in [-0.2, 0) is 19.1 Å². The van der Waals surface area contributed by atoms with E-state index in [1.54, 1.807) is 0 Å². The van der Waals surface area contributed by atoms with Gasteiger partial charge in [-0.25, -0.2) is 4.79 Å². The number of esters is 1. The minimum Gasteiger partial charge on any atom is -0.480 e. The summed E-state index contributed by atoms with van der Waals surface area (Å²) in [6, 6.07) is 0. The van der Waals surface area contributed by atoms with Gasteiger partial charge in [0.05, 0.1) is 7.11 Å². The molecule has 32 heavy (non-hydrogen) atoms. The molecule has 1 aliphatic rings. The zero-order chi connectivity index (χ0) is 24.1. The maximum atomic E-state index is 12.1. The Bertz CT molecular complexity index is 777. The van der Waals surface area contributed by atoms with E-state index in [-0.39, 0.29) is 12.5 Å². The Morgan fingerprint density at radius 3 is 2.66 bits per heavy atom. The number of aliphatic hydroxyl groups excluding tert-OH is 1. The second kappa shape index (κ2) is 14.4. The molecule has 1 rings (SSSR count). The van der Waals surface area contributed by atoms with Crippen LogP contribution in [0, 0.1) is 5.92 Å². The molecule has 0 saturated carbocycles. The Kier molecular flexibility index (Phi) is 12.3. The third-order valence-corrected chi connectivity index (χ3v) is 5.39. The highest BCUT2D eigenvalue weighted by Crippen LogP contribution is 2.19. The van der Waals surface area contributed by atoms with Gasteiger partial charge >= 0.3 is 11.9 Å². The Hall–Kier alpha value is -2.67. The Morgan fingerprint density at radius 1 is 1.28 bits per heavy atom. The van der Waals surface area contributed by atoms with Gasteiger partial charge in [0.25, 0.3) is 0 Å². The molecule has 0 radical (unpaired) electrons. The summed E-state index contributed by atoms with van der Waals surface area (Å²) < 4.78 is 4.52. The fraction of sp³-hybridized carbons (Fsp3) is 0.560. The molecule has 0 aliphatic carbocycles. The van der Waals surface area contributed by atoms with Gasteiger partial charge in [0, 0.05) is 18.5 Å². The van der Waals surface area contributed by atoms with Crippen LogP contribution in [0.15, 0.2) is 47.1 Å². The van der Waals surface area contributed by atoms with E-state index < -0.39 is 18.0 Å². The van der Waals surface area contributed by atoms with Crippen LogP contribution in [0.4, 0.5) is 0 Å². The quantitative estimate of drug-likeness (QED) is 0.238. The predicted molar refractivity (Wildman–Crippen MR) is 124 cm³/mol. The van der Waals surface area contributed by atoms with Crippen LogP contribution in [0.5, 0.6) is 0 Å². The number of nitrogens with zero attached hydrogens (tertiary/aromatic N) is 1. The van der Waals surface area contributed by atoms with Crippen molar-refractivity contribution in [1.29, 1.82) is 0 Å². The van der Waals surface area contributed by atoms with Crippen LogP contribution in [-0.4, -0.2) is 59.3 Å². The van der Waals surface area contributed by atoms with E-state index in [0.717, 1.165) is 31.3 Å². The number of aliphatic carboxylic acids is 1. The molecule has 2 atom stereocenters. The van der Waals surface area contributed by atoms with Gasteiger partial charge in [0.15, 0.2) is 6.10 Å². The molecule has 0 fully saturated rings. The molecule has 0 aromatic heterocycles. The number of allylic oxidation sites excluding steroid dienone is 5. The average molecular weight is 448 g/mol. The van der Waals surface area contributed by atoms with E-state index in [1.807, 2.05) is 19.1 Å². The summed E-state index contributed by atoms with van der Waals surface area (Å²) in [7, 11) is 1.26. The Labute approximate surface area is 191 Å². The van der Waals surface area contributed by atoms with Crippen LogP contribution in [0.3, 0.4) is 0 Å². The van der Waals surface area contributed by atoms with E-state index in [4.69, 9.17) is 5.11 Å². The largest absolute Gasteiger partial charge is 0.480 e. The summed E-state index contributed by atoms with van der Waals surface area (Å²) in [5.74, 6) is -1.36. The van der Waals surface area contributed by atoms with Crippen LogP contribution in [0.25, 0.3) is 0 Å². The van der Waals surface area contributed by atoms with Crippen LogP contribution < -0.4 is 0 Å². The van der Waals surface area contributed by atoms with Crippen molar-refractivity contribution >= 4 is 17.8 Å². The maximum absolute atomic E-state index is 12.1. The molecule has 0 aromatic rings. The number of carboxylic acids is 1. The number of aliphatic hydroxyl groups is 1. The summed E-state index contributed by atoms with van der Waals surface area (Å²) in [4.78, 5) is 35.5. The lowest BCUT2D eigenvalue weighted by atomic mass is 10.0. The number of carbonyl (C=O) groups is 3. The monoisotopic (exact) mass is 447 g/mol. The first-order chi connectivity index (χ1) is 15.1. The maximum Gasteiger partial charge on any atom is 0.335 e. The molecule has 0 aromatic carbocycles. The van der Waals surface area contributed by atoms with Crippen molar-refractivity contribution in [1.82, 2.24) is 4.90 Å². The van der Waals surface area contributed by atoms with Gasteiger partial charge < -0.3 is 19.8 Å². The molecule has 2 unspecified atom stereocenters. The Balaban J connectivity index is 2.30. The summed E-state index contributed by atoms with van der Waals surface area (Å²) in [6.45, 7) is 6.25. The third kappa shape index (κ3) is 10.6. The van der Waals surface area contributed by atoms with Gasteiger partial charge in [-0.3, -0.25) is 9.59 Å². The SMILES string of the molecule is COC(=O)C(O)CC(C)=CCCC(C)C=CC=C(C)CCCC1=CCN(CC(=O)O)C1=O. The van der Waals surface area contributed by atoms with E-state index >= 15 is 0 Å². The Morgan fingerprint density at radius 2 is 2.00 bits per heavy atom. The van der Waals surface area contributed by atoms with Crippen molar-refractivity contribution in [2.45, 2.75) is 65.4 Å². The van der Waals surface area contributed by atoms with E-state index in [1.165, 1.54) is 17.6 Å². The molecular weight excluding hydrogens is 410 g/mol. The van der Waals surface area contributed by atoms with Gasteiger partial charge in [-0.1, -0.05) is 48.5 Å². The highest BCUT2D eigenvalue weighted by Gasteiger charge is 2.24. The number of rotatable bonds is 14. The molecule has 7 nitrogen and oxygen atoms in total. The fourth-order valence-electron chi connectivity index (χ4n) is 3.45. The molecule has 0 bridgehead atoms. The van der Waals surface area contributed by atoms with E-state index in [2.05, 4.69) is 36.8 Å². The number of hydrogen-bond donors (Lipinski definition) is 2. The summed E-state index contributed by atoms with van der Waals surface area (Å²) in [5, 5.41) is 18.5. The molecule has 7 heteroatoms. The van der Waals surface area contributed by atoms with Gasteiger partial charge in [-0.15, -0.1) is 0 Å². The van der Waals surface area contributed by atoms with Crippen molar-refractivity contribution in [2.24, 2.45) is 5.92 Å². The predicted octanol–water partition coefficient (Wildman–Crippen LogP) is 3.80. The molecule has 1 heterocycles. The van der Waals surface area contributed by atoms with Crippen molar-refractivity contribution in [2.75, 3.05) is 20.2 Å². The number of hydrogen-bond acceptors (Lipinski definition) is 5. The van der Waals surface area contributed by atoms with Crippen LogP contribution in [0.2, 0.25) is 0 Å². The molecule has 1 amide bonds. The van der Waals surface area contributed by atoms with Gasteiger partial charge in [0.2, 0.25) is 5.91 Å². The van der Waals surface area contributed by atoms with Crippen molar-refractivity contribution < 1.29 is 29.3 Å². The highest BCUT2D eigenvalue weighted by atomic mass is 16.5. The normalized spacial score (nSPS) is 17.0. The smallest absolute Gasteiger partial charge is 0.335 e. The van der Waals surface area contributed by atoms with Crippen LogP contribution in [0.1, 0.15) is 59.3 Å². The minimum absolute atomic E-state index is 0.160. The minimum atomic E-state index is -1.10. The molecule has 0 spiro atoms. The molecule has 1 aliphatic heterocycles. The highest BCUT2D eigenvalue weighted by molar-refractivity contribution is 5.97. The number of ether oxygens (including phenoxy) is 1. The molecule has 178 valence electrons. The standard InChI is InChI=1S/C25H37NO6/c1-18(10-6-12-20(3)16-22(27)25(31)32-4)8-5-9-19(2)11-7-13-21-14-15-26(24(21)30)17-23(28)29/h5,8-9,12,14,18,22,27H,6-7,10-11,13,15-17H2,1-4H3,(H,28,29). The van der Waals surface area contributed by atoms with Crippen molar-refractivity contribution in [3.05, 3.63) is 47.1 Å². The summed E-state index contributed by atoms with van der Waals surface area (Å²) in [5.41, 5.74) is 2.91. The lowest BCUT2D eigenvalue weighted by Crippen LogP contribution is -2.32. The average Bonchev–Trinajstić information content (AvgIpc) is 3.06. The number of carboxylic acid groups (broad SMARTS) is 1. The zero-order valence-corrected chi connectivity index (χ0v) is 19.7. The second-order valence-corrected chi connectivity index (χ2v) is 8.41. The molecular formula is C25H37NO6. The topological polar surface area (TPSA) is 104 Å². The van der Waals surface area contributed by atoms with Gasteiger partial charge in [-0.2, -0.15) is 0 Å². The van der Waals surface area contributed by atoms with Crippen molar-refractivity contribution in [3.63, 3.8) is 0 Å². The number of amides is 1. The van der Waals surface area contributed by atoms with Gasteiger partial charge in [0.1, 0.15) is 6.54 Å². The number of methoxy groups -OCH3 is 1. The summed E-state index contributed by atoms with van der Waals surface area (Å²) >= 11 is 0. The van der Waals surface area contributed by atoms with Gasteiger partial charge in [-0.05, 0) is 51.9 Å². The molecule has 2 N–H and O–H groups in total. The van der Waals surface area contributed by atoms with Crippen LogP contribution >= 0.6 is 0 Å². The lowest BCUT2D eigenvalue weighted by molar-refractivity contribution is -0.150. The number of carbonyl (C=O) groups excluding carboxylic acids is 2. The lowest BCUT2D eigenvalue weighted by Gasteiger charge is -2.13. The summed E-state index contributed by atoms with van der Waals surface area (Å²) in [6.07, 6.45) is 13.6. The first kappa shape index (κ1) is 27.4. The van der Waals surface area contributed by atoms with E-state index in [9.17, 15) is 19.5 Å². The van der Waals surface area contributed by atoms with Crippen molar-refractivity contribution in [3.8, 4) is 0 Å². The van der Waals surface area contributed by atoms with E-state index in [0.29, 0.717) is 30.9 Å². The zero-order valence-electron chi connectivity index (χ0n) is 19.7. The first-order valence-corrected chi connectivity index (χ1v) is 11.1. The third-order valence-electron chi connectivity index (χ3n) is 5.39. The molecule has 0 saturated heterocycles. The fourth-order valence-corrected chi connectivity index (χ4v) is 3.45. The second-order valence-electron chi connectivity index (χ2n) is 8.41.